The summed E-state index contributed by atoms with van der Waals surface area (Å²) < 4.78 is 0. The second kappa shape index (κ2) is 15.5. The number of halogens is 2. The van der Waals surface area contributed by atoms with Crippen molar-refractivity contribution in [3.63, 3.8) is 0 Å². The first-order chi connectivity index (χ1) is 18.5. The largest absolute Gasteiger partial charge is 0.390 e. The smallest absolute Gasteiger partial charge is 0.256 e. The molecule has 202 valence electrons. The topological polar surface area (TPSA) is 82.2 Å². The van der Waals surface area contributed by atoms with Crippen molar-refractivity contribution in [2.75, 3.05) is 26.7 Å². The molecule has 0 saturated heterocycles. The molecule has 38 heavy (non-hydrogen) atoms. The molecule has 4 rings (SSSR count). The maximum atomic E-state index is 14.0. The van der Waals surface area contributed by atoms with E-state index in [0.717, 1.165) is 31.6 Å². The SMILES string of the molecule is CNCC1CCC(CN(CC(c2ccccc2)c2ccccc2)C(=O)c2c(Cl)cccc2Cl)CC1.N=CN. The second-order valence-electron chi connectivity index (χ2n) is 9.79. The van der Waals surface area contributed by atoms with Crippen molar-refractivity contribution < 1.29 is 4.79 Å². The molecule has 5 nitrogen and oxygen atoms in total. The highest BCUT2D eigenvalue weighted by Crippen LogP contribution is 2.33. The number of carbonyl (C=O) groups is 1. The Morgan fingerprint density at radius 1 is 0.921 bits per heavy atom. The monoisotopic (exact) mass is 552 g/mol. The number of carbonyl (C=O) groups excluding carboxylic acids is 1. The number of hydrogen-bond donors (Lipinski definition) is 3. The highest BCUT2D eigenvalue weighted by Gasteiger charge is 2.29. The van der Waals surface area contributed by atoms with E-state index in [1.54, 1.807) is 18.2 Å². The van der Waals surface area contributed by atoms with Crippen LogP contribution in [0.25, 0.3) is 0 Å². The van der Waals surface area contributed by atoms with Gasteiger partial charge in [-0.25, -0.2) is 0 Å². The minimum absolute atomic E-state index is 0.0586. The van der Waals surface area contributed by atoms with Crippen LogP contribution in [-0.4, -0.2) is 43.8 Å². The molecule has 3 aromatic rings. The van der Waals surface area contributed by atoms with E-state index < -0.39 is 0 Å². The third-order valence-corrected chi connectivity index (χ3v) is 7.84. The summed E-state index contributed by atoms with van der Waals surface area (Å²) >= 11 is 13.0. The fourth-order valence-electron chi connectivity index (χ4n) is 5.31. The molecule has 0 heterocycles. The number of hydrogen-bond acceptors (Lipinski definition) is 3. The fourth-order valence-corrected chi connectivity index (χ4v) is 5.87. The summed E-state index contributed by atoms with van der Waals surface area (Å²) in [7, 11) is 2.02. The predicted molar refractivity (Wildman–Crippen MR) is 159 cm³/mol. The summed E-state index contributed by atoms with van der Waals surface area (Å²) in [5, 5.41) is 9.98. The lowest BCUT2D eigenvalue weighted by atomic mass is 9.81. The van der Waals surface area contributed by atoms with E-state index in [0.29, 0.717) is 34.6 Å². The molecule has 0 aromatic heterocycles. The normalized spacial score (nSPS) is 16.8. The number of amides is 1. The standard InChI is InChI=1S/C30H34Cl2N2O.CH4N2/c1-33-19-22-15-17-23(18-16-22)20-34(30(35)29-27(31)13-8-14-28(29)32)21-26(24-9-4-2-5-10-24)25-11-6-3-7-12-25;2-1-3/h2-14,22-23,26,33H,15-21H2,1H3;1H,(H3,2,3). The van der Waals surface area contributed by atoms with Gasteiger partial charge >= 0.3 is 0 Å². The maximum absolute atomic E-state index is 14.0. The van der Waals surface area contributed by atoms with Crippen LogP contribution in [-0.2, 0) is 0 Å². The summed E-state index contributed by atoms with van der Waals surface area (Å²) in [6.45, 7) is 2.35. The molecule has 0 bridgehead atoms. The van der Waals surface area contributed by atoms with E-state index >= 15 is 0 Å². The molecule has 4 N–H and O–H groups in total. The Labute approximate surface area is 236 Å². The number of nitrogens with two attached hydrogens (primary N) is 1. The van der Waals surface area contributed by atoms with Crippen molar-refractivity contribution in [1.29, 1.82) is 5.41 Å². The van der Waals surface area contributed by atoms with Crippen LogP contribution in [0.1, 0.15) is 53.1 Å². The average Bonchev–Trinajstić information content (AvgIpc) is 2.93. The van der Waals surface area contributed by atoms with Gasteiger partial charge in [-0.3, -0.25) is 10.2 Å². The molecule has 0 spiro atoms. The summed E-state index contributed by atoms with van der Waals surface area (Å²) in [5.41, 5.74) is 7.18. The van der Waals surface area contributed by atoms with Gasteiger partial charge in [0.15, 0.2) is 0 Å². The zero-order valence-corrected chi connectivity index (χ0v) is 23.5. The zero-order valence-electron chi connectivity index (χ0n) is 22.0. The second-order valence-corrected chi connectivity index (χ2v) is 10.6. The van der Waals surface area contributed by atoms with Crippen molar-refractivity contribution >= 4 is 35.4 Å². The Morgan fingerprint density at radius 3 is 1.87 bits per heavy atom. The molecule has 0 atom stereocenters. The number of nitrogens with zero attached hydrogens (tertiary/aromatic N) is 1. The Kier molecular flexibility index (Phi) is 12.1. The lowest BCUT2D eigenvalue weighted by Gasteiger charge is -2.35. The average molecular weight is 554 g/mol. The van der Waals surface area contributed by atoms with E-state index in [4.69, 9.17) is 28.6 Å². The molecule has 0 radical (unpaired) electrons. The van der Waals surface area contributed by atoms with Gasteiger partial charge in [0, 0.05) is 19.0 Å². The van der Waals surface area contributed by atoms with Crippen molar-refractivity contribution in [1.82, 2.24) is 10.2 Å². The van der Waals surface area contributed by atoms with Crippen LogP contribution in [0.5, 0.6) is 0 Å². The third kappa shape index (κ3) is 8.32. The first-order valence-corrected chi connectivity index (χ1v) is 13.9. The molecular weight excluding hydrogens is 515 g/mol. The maximum Gasteiger partial charge on any atom is 0.256 e. The van der Waals surface area contributed by atoms with Crippen LogP contribution in [0.3, 0.4) is 0 Å². The molecule has 1 aliphatic rings. The van der Waals surface area contributed by atoms with Crippen LogP contribution < -0.4 is 11.1 Å². The molecule has 0 aliphatic heterocycles. The van der Waals surface area contributed by atoms with Gasteiger partial charge < -0.3 is 16.0 Å². The quantitative estimate of drug-likeness (QED) is 0.200. The lowest BCUT2D eigenvalue weighted by Crippen LogP contribution is -2.40. The summed E-state index contributed by atoms with van der Waals surface area (Å²) in [5.74, 6) is 1.17. The van der Waals surface area contributed by atoms with E-state index in [1.807, 2.05) is 24.1 Å². The van der Waals surface area contributed by atoms with Crippen LogP contribution in [0, 0.1) is 17.2 Å². The third-order valence-electron chi connectivity index (χ3n) is 7.21. The summed E-state index contributed by atoms with van der Waals surface area (Å²) in [6.07, 6.45) is 5.41. The predicted octanol–water partition coefficient (Wildman–Crippen LogP) is 6.85. The highest BCUT2D eigenvalue weighted by atomic mass is 35.5. The van der Waals surface area contributed by atoms with Gasteiger partial charge in [0.2, 0.25) is 0 Å². The molecule has 1 amide bonds. The number of rotatable bonds is 9. The Bertz CT molecular complexity index is 1080. The van der Waals surface area contributed by atoms with Crippen molar-refractivity contribution in [3.05, 3.63) is 106 Å². The van der Waals surface area contributed by atoms with Crippen molar-refractivity contribution in [2.24, 2.45) is 17.6 Å². The van der Waals surface area contributed by atoms with Crippen LogP contribution >= 0.6 is 23.2 Å². The van der Waals surface area contributed by atoms with E-state index in [1.165, 1.54) is 24.0 Å². The molecule has 1 aliphatic carbocycles. The van der Waals surface area contributed by atoms with Crippen LogP contribution in [0.4, 0.5) is 0 Å². The minimum atomic E-state index is -0.0881. The Balaban J connectivity index is 0.00000127. The molecular formula is C31H38Cl2N4O. The van der Waals surface area contributed by atoms with E-state index in [2.05, 4.69) is 59.6 Å². The molecule has 0 unspecified atom stereocenters. The van der Waals surface area contributed by atoms with E-state index in [-0.39, 0.29) is 11.8 Å². The van der Waals surface area contributed by atoms with Gasteiger partial charge in [-0.2, -0.15) is 0 Å². The first-order valence-electron chi connectivity index (χ1n) is 13.2. The number of benzene rings is 3. The highest BCUT2D eigenvalue weighted by molar-refractivity contribution is 6.39. The molecule has 7 heteroatoms. The zero-order chi connectivity index (χ0) is 27.3. The summed E-state index contributed by atoms with van der Waals surface area (Å²) in [6, 6.07) is 26.2. The van der Waals surface area contributed by atoms with Crippen LogP contribution in [0.15, 0.2) is 78.9 Å². The van der Waals surface area contributed by atoms with Gasteiger partial charge in [-0.1, -0.05) is 89.9 Å². The fraction of sp³-hybridized carbons (Fsp3) is 0.355. The molecule has 1 saturated carbocycles. The van der Waals surface area contributed by atoms with Gasteiger partial charge in [-0.05, 0) is 74.4 Å². The van der Waals surface area contributed by atoms with Crippen molar-refractivity contribution in [2.45, 2.75) is 31.6 Å². The van der Waals surface area contributed by atoms with Crippen LogP contribution in [0.2, 0.25) is 10.0 Å². The minimum Gasteiger partial charge on any atom is -0.390 e. The van der Waals surface area contributed by atoms with Gasteiger partial charge in [0.05, 0.1) is 21.9 Å². The van der Waals surface area contributed by atoms with Gasteiger partial charge in [0.1, 0.15) is 0 Å². The number of nitrogens with one attached hydrogen (secondary N) is 2. The van der Waals surface area contributed by atoms with Gasteiger partial charge in [-0.15, -0.1) is 0 Å². The Hall–Kier alpha value is -2.86. The Morgan fingerprint density at radius 2 is 1.39 bits per heavy atom. The molecule has 1 fully saturated rings. The van der Waals surface area contributed by atoms with Gasteiger partial charge in [0.25, 0.3) is 5.91 Å². The van der Waals surface area contributed by atoms with E-state index in [9.17, 15) is 4.79 Å². The summed E-state index contributed by atoms with van der Waals surface area (Å²) in [4.78, 5) is 16.0. The lowest BCUT2D eigenvalue weighted by molar-refractivity contribution is 0.0699. The van der Waals surface area contributed by atoms with Crippen molar-refractivity contribution in [3.8, 4) is 0 Å². The first kappa shape index (κ1) is 29.7. The molecule has 3 aromatic carbocycles.